The van der Waals surface area contributed by atoms with Gasteiger partial charge in [-0.2, -0.15) is 0 Å². The molecule has 6 heteroatoms. The molecule has 1 aromatic carbocycles. The predicted molar refractivity (Wildman–Crippen MR) is 112 cm³/mol. The van der Waals surface area contributed by atoms with E-state index in [2.05, 4.69) is 17.0 Å². The molecule has 0 aromatic heterocycles. The van der Waals surface area contributed by atoms with Crippen molar-refractivity contribution >= 4 is 23.4 Å². The van der Waals surface area contributed by atoms with E-state index in [4.69, 9.17) is 11.6 Å². The summed E-state index contributed by atoms with van der Waals surface area (Å²) in [4.78, 5) is 31.1. The van der Waals surface area contributed by atoms with Crippen molar-refractivity contribution in [1.29, 1.82) is 0 Å². The van der Waals surface area contributed by atoms with Crippen molar-refractivity contribution in [2.75, 3.05) is 33.2 Å². The maximum atomic E-state index is 12.8. The van der Waals surface area contributed by atoms with Crippen molar-refractivity contribution < 1.29 is 9.59 Å². The third kappa shape index (κ3) is 5.26. The predicted octanol–water partition coefficient (Wildman–Crippen LogP) is 2.98. The molecule has 5 nitrogen and oxygen atoms in total. The van der Waals surface area contributed by atoms with Crippen molar-refractivity contribution in [3.63, 3.8) is 0 Å². The zero-order chi connectivity index (χ0) is 20.1. The first-order chi connectivity index (χ1) is 13.5. The van der Waals surface area contributed by atoms with Crippen LogP contribution in [0.5, 0.6) is 0 Å². The Bertz CT molecular complexity index is 651. The van der Waals surface area contributed by atoms with E-state index in [1.54, 1.807) is 6.92 Å². The fourth-order valence-corrected chi connectivity index (χ4v) is 4.60. The molecule has 0 spiro atoms. The number of halogens is 1. The highest BCUT2D eigenvalue weighted by atomic mass is 35.5. The molecular formula is C22H32ClN3O2. The Morgan fingerprint density at radius 1 is 1.07 bits per heavy atom. The van der Waals surface area contributed by atoms with E-state index in [1.165, 1.54) is 5.56 Å². The molecule has 154 valence electrons. The van der Waals surface area contributed by atoms with Gasteiger partial charge >= 0.3 is 0 Å². The minimum atomic E-state index is -0.439. The number of rotatable bonds is 5. The van der Waals surface area contributed by atoms with Crippen molar-refractivity contribution in [2.24, 2.45) is 5.92 Å². The van der Waals surface area contributed by atoms with Gasteiger partial charge in [-0.1, -0.05) is 30.3 Å². The maximum absolute atomic E-state index is 12.8. The third-order valence-electron chi connectivity index (χ3n) is 6.15. The lowest BCUT2D eigenvalue weighted by atomic mass is 9.92. The average Bonchev–Trinajstić information content (AvgIpc) is 2.73. The van der Waals surface area contributed by atoms with Gasteiger partial charge in [-0.05, 0) is 51.3 Å². The Labute approximate surface area is 173 Å². The first-order valence-corrected chi connectivity index (χ1v) is 10.8. The summed E-state index contributed by atoms with van der Waals surface area (Å²) in [7, 11) is 1.91. The van der Waals surface area contributed by atoms with Crippen LogP contribution in [0.2, 0.25) is 0 Å². The summed E-state index contributed by atoms with van der Waals surface area (Å²) in [5.41, 5.74) is 1.17. The normalized spacial score (nSPS) is 20.8. The quantitative estimate of drug-likeness (QED) is 0.707. The van der Waals surface area contributed by atoms with Gasteiger partial charge < -0.3 is 14.7 Å². The van der Waals surface area contributed by atoms with Gasteiger partial charge in [0.15, 0.2) is 0 Å². The van der Waals surface area contributed by atoms with Crippen LogP contribution in [0.4, 0.5) is 0 Å². The van der Waals surface area contributed by atoms with Gasteiger partial charge in [0, 0.05) is 38.6 Å². The molecule has 2 fully saturated rings. The van der Waals surface area contributed by atoms with E-state index in [0.29, 0.717) is 12.6 Å². The van der Waals surface area contributed by atoms with E-state index in [0.717, 1.165) is 51.9 Å². The minimum absolute atomic E-state index is 0.0471. The molecule has 3 rings (SSSR count). The Morgan fingerprint density at radius 3 is 2.25 bits per heavy atom. The number of carbonyl (C=O) groups excluding carboxylic acids is 2. The lowest BCUT2D eigenvalue weighted by molar-refractivity contribution is -0.137. The Balaban J connectivity index is 1.43. The molecule has 1 atom stereocenters. The number of benzene rings is 1. The molecule has 1 aromatic rings. The highest BCUT2D eigenvalue weighted by molar-refractivity contribution is 6.30. The van der Waals surface area contributed by atoms with E-state index >= 15 is 0 Å². The van der Waals surface area contributed by atoms with Crippen LogP contribution in [-0.2, 0) is 16.1 Å². The number of hydrogen-bond acceptors (Lipinski definition) is 3. The Hall–Kier alpha value is -1.59. The number of alkyl halides is 1. The van der Waals surface area contributed by atoms with Crippen LogP contribution in [0.25, 0.3) is 0 Å². The number of likely N-dealkylation sites (tertiary alicyclic amines) is 2. The van der Waals surface area contributed by atoms with E-state index in [9.17, 15) is 9.59 Å². The summed E-state index contributed by atoms with van der Waals surface area (Å²) in [5.74, 6) is 0.439. The Kier molecular flexibility index (Phi) is 7.36. The summed E-state index contributed by atoms with van der Waals surface area (Å²) in [5, 5.41) is -0.439. The van der Waals surface area contributed by atoms with Gasteiger partial charge in [0.1, 0.15) is 5.38 Å². The zero-order valence-corrected chi connectivity index (χ0v) is 17.8. The third-order valence-corrected chi connectivity index (χ3v) is 6.34. The number of piperidine rings is 2. The molecule has 2 aliphatic heterocycles. The van der Waals surface area contributed by atoms with Crippen molar-refractivity contribution in [3.8, 4) is 0 Å². The van der Waals surface area contributed by atoms with Crippen LogP contribution in [0.1, 0.15) is 38.2 Å². The topological polar surface area (TPSA) is 43.9 Å². The Morgan fingerprint density at radius 2 is 1.68 bits per heavy atom. The molecule has 2 amide bonds. The molecule has 1 unspecified atom stereocenters. The van der Waals surface area contributed by atoms with Crippen LogP contribution in [-0.4, -0.2) is 71.2 Å². The monoisotopic (exact) mass is 405 g/mol. The summed E-state index contributed by atoms with van der Waals surface area (Å²) in [6.07, 6.45) is 3.86. The minimum Gasteiger partial charge on any atom is -0.341 e. The van der Waals surface area contributed by atoms with E-state index in [-0.39, 0.29) is 17.7 Å². The van der Waals surface area contributed by atoms with Gasteiger partial charge in [0.05, 0.1) is 0 Å². The largest absolute Gasteiger partial charge is 0.341 e. The molecule has 2 saturated heterocycles. The summed E-state index contributed by atoms with van der Waals surface area (Å²) < 4.78 is 0. The lowest BCUT2D eigenvalue weighted by Crippen LogP contribution is -2.51. The summed E-state index contributed by atoms with van der Waals surface area (Å²) in [6.45, 7) is 5.94. The highest BCUT2D eigenvalue weighted by Crippen LogP contribution is 2.25. The van der Waals surface area contributed by atoms with Gasteiger partial charge in [0.25, 0.3) is 0 Å². The zero-order valence-electron chi connectivity index (χ0n) is 17.0. The van der Waals surface area contributed by atoms with Crippen molar-refractivity contribution in [1.82, 2.24) is 14.7 Å². The SMILES string of the molecule is CC(Cl)C(=O)N1CCC(N2CCC(C(=O)N(C)Cc3ccccc3)CC2)CC1. The molecule has 0 bridgehead atoms. The standard InChI is InChI=1S/C22H32ClN3O2/c1-17(23)21(27)26-14-10-20(11-15-26)25-12-8-19(9-13-25)22(28)24(2)16-18-6-4-3-5-7-18/h3-7,17,19-20H,8-16H2,1-2H3. The van der Waals surface area contributed by atoms with Crippen LogP contribution in [0.3, 0.4) is 0 Å². The fraction of sp³-hybridized carbons (Fsp3) is 0.636. The smallest absolute Gasteiger partial charge is 0.240 e. The summed E-state index contributed by atoms with van der Waals surface area (Å²) in [6, 6.07) is 10.7. The van der Waals surface area contributed by atoms with E-state index < -0.39 is 5.38 Å². The molecule has 0 N–H and O–H groups in total. The van der Waals surface area contributed by atoms with Crippen LogP contribution >= 0.6 is 11.6 Å². The fourth-order valence-electron chi connectivity index (χ4n) is 4.46. The first-order valence-electron chi connectivity index (χ1n) is 10.4. The van der Waals surface area contributed by atoms with Crippen LogP contribution in [0.15, 0.2) is 30.3 Å². The van der Waals surface area contributed by atoms with Crippen LogP contribution in [0, 0.1) is 5.92 Å². The van der Waals surface area contributed by atoms with Crippen molar-refractivity contribution in [2.45, 2.75) is 50.6 Å². The number of amides is 2. The van der Waals surface area contributed by atoms with Crippen molar-refractivity contribution in [3.05, 3.63) is 35.9 Å². The average molecular weight is 406 g/mol. The molecule has 28 heavy (non-hydrogen) atoms. The van der Waals surface area contributed by atoms with E-state index in [1.807, 2.05) is 35.0 Å². The number of carbonyl (C=O) groups is 2. The lowest BCUT2D eigenvalue weighted by Gasteiger charge is -2.42. The van der Waals surface area contributed by atoms with Crippen LogP contribution < -0.4 is 0 Å². The van der Waals surface area contributed by atoms with Gasteiger partial charge in [-0.15, -0.1) is 11.6 Å². The molecule has 0 radical (unpaired) electrons. The second-order valence-electron chi connectivity index (χ2n) is 8.16. The number of nitrogens with zero attached hydrogens (tertiary/aromatic N) is 3. The molecule has 2 heterocycles. The first kappa shape index (κ1) is 21.1. The second kappa shape index (κ2) is 9.75. The highest BCUT2D eigenvalue weighted by Gasteiger charge is 2.33. The molecule has 0 aliphatic carbocycles. The molecule has 2 aliphatic rings. The molecular weight excluding hydrogens is 374 g/mol. The molecule has 0 saturated carbocycles. The maximum Gasteiger partial charge on any atom is 0.240 e. The van der Waals surface area contributed by atoms with Gasteiger partial charge in [-0.25, -0.2) is 0 Å². The second-order valence-corrected chi connectivity index (χ2v) is 8.82. The van der Waals surface area contributed by atoms with Gasteiger partial charge in [-0.3, -0.25) is 9.59 Å². The summed E-state index contributed by atoms with van der Waals surface area (Å²) >= 11 is 5.93. The van der Waals surface area contributed by atoms with Gasteiger partial charge in [0.2, 0.25) is 11.8 Å². The number of hydrogen-bond donors (Lipinski definition) is 0.